The van der Waals surface area contributed by atoms with Gasteiger partial charge in [0.05, 0.1) is 6.61 Å². The Kier molecular flexibility index (Phi) is 6.36. The molecular weight excluding hydrogens is 328 g/mol. The van der Waals surface area contributed by atoms with E-state index in [0.29, 0.717) is 41.0 Å². The second-order valence-corrected chi connectivity index (χ2v) is 5.77. The molecule has 2 rings (SSSR count). The second-order valence-electron chi connectivity index (χ2n) is 4.98. The highest BCUT2D eigenvalue weighted by Crippen LogP contribution is 2.20. The quantitative estimate of drug-likeness (QED) is 0.588. The molecule has 0 atom stereocenters. The van der Waals surface area contributed by atoms with Crippen LogP contribution in [-0.2, 0) is 11.2 Å². The maximum absolute atomic E-state index is 12.2. The second kappa shape index (κ2) is 8.49. The average Bonchev–Trinajstić information content (AvgIpc) is 2.56. The summed E-state index contributed by atoms with van der Waals surface area (Å²) in [4.78, 5) is 35.3. The number of carbonyl (C=O) groups excluding carboxylic acids is 1. The first-order chi connectivity index (χ1) is 11.5. The molecule has 128 valence electrons. The van der Waals surface area contributed by atoms with Crippen LogP contribution in [0.25, 0.3) is 0 Å². The average molecular weight is 348 g/mol. The number of aryl methyl sites for hydroxylation is 1. The van der Waals surface area contributed by atoms with Gasteiger partial charge in [-0.15, -0.1) is 0 Å². The molecule has 24 heavy (non-hydrogen) atoms. The molecule has 7 nitrogen and oxygen atoms in total. The summed E-state index contributed by atoms with van der Waals surface area (Å²) in [6.07, 6.45) is 3.93. The highest BCUT2D eigenvalue weighted by Gasteiger charge is 2.12. The van der Waals surface area contributed by atoms with Crippen molar-refractivity contribution in [2.75, 3.05) is 18.2 Å². The zero-order chi connectivity index (χ0) is 17.5. The number of thioether (sulfide) groups is 1. The molecule has 0 aliphatic rings. The molecule has 2 aromatic heterocycles. The van der Waals surface area contributed by atoms with E-state index in [1.54, 1.807) is 25.3 Å². The highest BCUT2D eigenvalue weighted by atomic mass is 32.2. The Morgan fingerprint density at radius 2 is 2.25 bits per heavy atom. The van der Waals surface area contributed by atoms with Gasteiger partial charge in [0.1, 0.15) is 5.69 Å². The molecule has 8 heteroatoms. The number of anilines is 1. The number of pyridine rings is 1. The van der Waals surface area contributed by atoms with Crippen molar-refractivity contribution in [3.8, 4) is 5.88 Å². The number of ether oxygens (including phenoxy) is 1. The summed E-state index contributed by atoms with van der Waals surface area (Å²) in [5, 5.41) is 3.34. The van der Waals surface area contributed by atoms with Gasteiger partial charge in [0.15, 0.2) is 5.16 Å². The van der Waals surface area contributed by atoms with E-state index in [0.717, 1.165) is 0 Å². The van der Waals surface area contributed by atoms with Crippen molar-refractivity contribution in [1.29, 1.82) is 0 Å². The summed E-state index contributed by atoms with van der Waals surface area (Å²) in [5.74, 6) is 0.171. The summed E-state index contributed by atoms with van der Waals surface area (Å²) in [6.45, 7) is 4.08. The summed E-state index contributed by atoms with van der Waals surface area (Å²) in [5.41, 5.74) is 1.49. The number of amides is 1. The summed E-state index contributed by atoms with van der Waals surface area (Å²) in [6, 6.07) is 3.45. The minimum absolute atomic E-state index is 0.171. The van der Waals surface area contributed by atoms with Crippen LogP contribution in [-0.4, -0.2) is 33.7 Å². The van der Waals surface area contributed by atoms with E-state index in [-0.39, 0.29) is 17.9 Å². The predicted molar refractivity (Wildman–Crippen MR) is 93.7 cm³/mol. The fraction of sp³-hybridized carbons (Fsp3) is 0.375. The number of hydrogen-bond acceptors (Lipinski definition) is 6. The number of nitrogens with zero attached hydrogens (tertiary/aromatic N) is 2. The number of aromatic nitrogens is 3. The molecule has 0 spiro atoms. The molecule has 0 unspecified atom stereocenters. The minimum Gasteiger partial charge on any atom is -0.476 e. The number of carbonyl (C=O) groups is 1. The standard InChI is InChI=1S/C16H20N4O3S/c1-4-23-15-12(6-5-9-17-15)19-13(21)8-7-11-10(2)18-16(24-3)20-14(11)22/h5-6,9H,4,7-8H2,1-3H3,(H,19,21)(H,18,20,22). The molecule has 0 radical (unpaired) electrons. The zero-order valence-electron chi connectivity index (χ0n) is 13.9. The van der Waals surface area contributed by atoms with Gasteiger partial charge in [-0.05, 0) is 38.7 Å². The van der Waals surface area contributed by atoms with E-state index in [9.17, 15) is 9.59 Å². The number of hydrogen-bond donors (Lipinski definition) is 2. The van der Waals surface area contributed by atoms with Crippen molar-refractivity contribution < 1.29 is 9.53 Å². The predicted octanol–water partition coefficient (Wildman–Crippen LogP) is 2.17. The van der Waals surface area contributed by atoms with Crippen molar-refractivity contribution >= 4 is 23.4 Å². The highest BCUT2D eigenvalue weighted by molar-refractivity contribution is 7.98. The van der Waals surface area contributed by atoms with E-state index in [1.807, 2.05) is 13.2 Å². The smallest absolute Gasteiger partial charge is 0.254 e. The van der Waals surface area contributed by atoms with Crippen molar-refractivity contribution in [3.05, 3.63) is 39.9 Å². The van der Waals surface area contributed by atoms with Crippen molar-refractivity contribution in [2.24, 2.45) is 0 Å². The SMILES string of the molecule is CCOc1ncccc1NC(=O)CCc1c(C)nc(SC)[nH]c1=O. The van der Waals surface area contributed by atoms with E-state index >= 15 is 0 Å². The molecule has 0 bridgehead atoms. The first-order valence-corrected chi connectivity index (χ1v) is 8.79. The lowest BCUT2D eigenvalue weighted by Crippen LogP contribution is -2.20. The lowest BCUT2D eigenvalue weighted by atomic mass is 10.1. The third kappa shape index (κ3) is 4.58. The van der Waals surface area contributed by atoms with Gasteiger partial charge >= 0.3 is 0 Å². The van der Waals surface area contributed by atoms with Crippen LogP contribution in [0, 0.1) is 6.92 Å². The molecule has 0 saturated heterocycles. The summed E-state index contributed by atoms with van der Waals surface area (Å²) in [7, 11) is 0. The number of H-pyrrole nitrogens is 1. The summed E-state index contributed by atoms with van der Waals surface area (Å²) >= 11 is 1.37. The van der Waals surface area contributed by atoms with Crippen LogP contribution in [0.1, 0.15) is 24.6 Å². The van der Waals surface area contributed by atoms with E-state index in [2.05, 4.69) is 20.3 Å². The van der Waals surface area contributed by atoms with E-state index in [4.69, 9.17) is 4.74 Å². The normalized spacial score (nSPS) is 10.5. The van der Waals surface area contributed by atoms with Crippen LogP contribution < -0.4 is 15.6 Å². The van der Waals surface area contributed by atoms with Gasteiger partial charge in [-0.1, -0.05) is 11.8 Å². The van der Waals surface area contributed by atoms with Gasteiger partial charge in [0.2, 0.25) is 11.8 Å². The monoisotopic (exact) mass is 348 g/mol. The third-order valence-corrected chi connectivity index (χ3v) is 3.90. The molecule has 0 aliphatic heterocycles. The van der Waals surface area contributed by atoms with Crippen LogP contribution in [0.15, 0.2) is 28.3 Å². The van der Waals surface area contributed by atoms with Crippen LogP contribution in [0.3, 0.4) is 0 Å². The summed E-state index contributed by atoms with van der Waals surface area (Å²) < 4.78 is 5.37. The Balaban J connectivity index is 2.03. The van der Waals surface area contributed by atoms with E-state index in [1.165, 1.54) is 11.8 Å². The van der Waals surface area contributed by atoms with Crippen molar-refractivity contribution in [2.45, 2.75) is 31.8 Å². The molecule has 2 N–H and O–H groups in total. The fourth-order valence-electron chi connectivity index (χ4n) is 2.16. The number of rotatable bonds is 7. The van der Waals surface area contributed by atoms with Gasteiger partial charge in [0.25, 0.3) is 5.56 Å². The fourth-order valence-corrected chi connectivity index (χ4v) is 2.59. The Morgan fingerprint density at radius 3 is 2.92 bits per heavy atom. The first-order valence-electron chi connectivity index (χ1n) is 7.56. The molecule has 0 saturated carbocycles. The maximum atomic E-state index is 12.2. The maximum Gasteiger partial charge on any atom is 0.254 e. The number of aromatic amines is 1. The first kappa shape index (κ1) is 18.0. The Morgan fingerprint density at radius 1 is 1.46 bits per heavy atom. The van der Waals surface area contributed by atoms with Gasteiger partial charge in [0, 0.05) is 23.9 Å². The lowest BCUT2D eigenvalue weighted by molar-refractivity contribution is -0.116. The largest absolute Gasteiger partial charge is 0.476 e. The van der Waals surface area contributed by atoms with Crippen LogP contribution in [0.2, 0.25) is 0 Å². The Hall–Kier alpha value is -2.35. The molecular formula is C16H20N4O3S. The van der Waals surface area contributed by atoms with Crippen LogP contribution >= 0.6 is 11.8 Å². The number of nitrogens with one attached hydrogen (secondary N) is 2. The Bertz CT molecular complexity index is 776. The lowest BCUT2D eigenvalue weighted by Gasteiger charge is -2.10. The topological polar surface area (TPSA) is 97.0 Å². The van der Waals surface area contributed by atoms with Crippen LogP contribution in [0.4, 0.5) is 5.69 Å². The minimum atomic E-state index is -0.211. The molecule has 0 fully saturated rings. The molecule has 2 heterocycles. The van der Waals surface area contributed by atoms with Gasteiger partial charge in [-0.2, -0.15) is 0 Å². The van der Waals surface area contributed by atoms with Crippen molar-refractivity contribution in [1.82, 2.24) is 15.0 Å². The van der Waals surface area contributed by atoms with Gasteiger partial charge < -0.3 is 15.0 Å². The molecule has 0 aromatic carbocycles. The molecule has 0 aliphatic carbocycles. The van der Waals surface area contributed by atoms with Gasteiger partial charge in [-0.3, -0.25) is 9.59 Å². The van der Waals surface area contributed by atoms with Crippen LogP contribution in [0.5, 0.6) is 5.88 Å². The van der Waals surface area contributed by atoms with Crippen molar-refractivity contribution in [3.63, 3.8) is 0 Å². The van der Waals surface area contributed by atoms with Gasteiger partial charge in [-0.25, -0.2) is 9.97 Å². The van der Waals surface area contributed by atoms with E-state index < -0.39 is 0 Å². The molecule has 2 aromatic rings. The molecule has 1 amide bonds. The zero-order valence-corrected chi connectivity index (χ0v) is 14.7. The third-order valence-electron chi connectivity index (χ3n) is 3.32. The Labute approximate surface area is 144 Å².